The minimum Gasteiger partial charge on any atom is -0.341 e. The lowest BCUT2D eigenvalue weighted by atomic mass is 9.97. The van der Waals surface area contributed by atoms with Gasteiger partial charge >= 0.3 is 6.18 Å². The molecule has 3 heterocycles. The summed E-state index contributed by atoms with van der Waals surface area (Å²) in [5.74, 6) is 0.0411. The average molecular weight is 373 g/mol. The number of aromatic nitrogens is 2. The number of fused-ring (bicyclic) bond motifs is 1. The molecule has 1 fully saturated rings. The number of halogens is 3. The van der Waals surface area contributed by atoms with Gasteiger partial charge in [-0.25, -0.2) is 0 Å². The summed E-state index contributed by atoms with van der Waals surface area (Å²) in [5, 5.41) is 0. The zero-order valence-electron chi connectivity index (χ0n) is 14.8. The highest BCUT2D eigenvalue weighted by atomic mass is 19.4. The standard InChI is InChI=1S/C20H18F3N3O/c1-13-15(4-2-5-16(13)20(21,22)23)14-10-18-17(24-11-14)6-9-26(18)12-19(27)25-7-3-8-25/h2,4-6,9-11H,3,7-8,12H2,1H3. The minimum absolute atomic E-state index is 0.0411. The Kier molecular flexibility index (Phi) is 4.17. The maximum atomic E-state index is 13.2. The van der Waals surface area contributed by atoms with Crippen LogP contribution < -0.4 is 0 Å². The number of hydrogen-bond donors (Lipinski definition) is 0. The second-order valence-corrected chi connectivity index (χ2v) is 6.78. The highest BCUT2D eigenvalue weighted by Crippen LogP contribution is 2.36. The van der Waals surface area contributed by atoms with Crippen LogP contribution in [0.15, 0.2) is 42.7 Å². The molecule has 1 aromatic carbocycles. The third kappa shape index (κ3) is 3.18. The molecule has 4 nitrogen and oxygen atoms in total. The first kappa shape index (κ1) is 17.6. The molecule has 140 valence electrons. The van der Waals surface area contributed by atoms with Crippen LogP contribution in [0.25, 0.3) is 22.2 Å². The van der Waals surface area contributed by atoms with E-state index >= 15 is 0 Å². The molecule has 3 aromatic rings. The molecule has 1 aliphatic heterocycles. The summed E-state index contributed by atoms with van der Waals surface area (Å²) >= 11 is 0. The van der Waals surface area contributed by atoms with Gasteiger partial charge in [0.05, 0.1) is 16.6 Å². The fraction of sp³-hybridized carbons (Fsp3) is 0.300. The number of rotatable bonds is 3. The fourth-order valence-electron chi connectivity index (χ4n) is 3.42. The van der Waals surface area contributed by atoms with Gasteiger partial charge in [0.1, 0.15) is 6.54 Å². The van der Waals surface area contributed by atoms with Crippen molar-refractivity contribution in [3.8, 4) is 11.1 Å². The van der Waals surface area contributed by atoms with Crippen LogP contribution in [0.1, 0.15) is 17.5 Å². The predicted molar refractivity (Wildman–Crippen MR) is 96.1 cm³/mol. The second kappa shape index (κ2) is 6.40. The summed E-state index contributed by atoms with van der Waals surface area (Å²) in [6.07, 6.45) is -0.00922. The van der Waals surface area contributed by atoms with E-state index in [9.17, 15) is 18.0 Å². The number of benzene rings is 1. The van der Waals surface area contributed by atoms with E-state index in [4.69, 9.17) is 0 Å². The lowest BCUT2D eigenvalue weighted by Crippen LogP contribution is -2.43. The summed E-state index contributed by atoms with van der Waals surface area (Å²) in [6, 6.07) is 7.75. The molecule has 27 heavy (non-hydrogen) atoms. The monoisotopic (exact) mass is 373 g/mol. The SMILES string of the molecule is Cc1c(-c2cnc3ccn(CC(=O)N4CCC4)c3c2)cccc1C(F)(F)F. The molecule has 0 bridgehead atoms. The molecule has 4 rings (SSSR count). The molecule has 1 aliphatic rings. The molecule has 0 aliphatic carbocycles. The van der Waals surface area contributed by atoms with Crippen LogP contribution in [0, 0.1) is 6.92 Å². The Morgan fingerprint density at radius 2 is 2.00 bits per heavy atom. The molecule has 0 N–H and O–H groups in total. The van der Waals surface area contributed by atoms with Crippen LogP contribution in [0.3, 0.4) is 0 Å². The van der Waals surface area contributed by atoms with E-state index in [0.29, 0.717) is 16.6 Å². The molecular weight excluding hydrogens is 355 g/mol. The Labute approximate surface area is 154 Å². The summed E-state index contributed by atoms with van der Waals surface area (Å²) < 4.78 is 41.4. The smallest absolute Gasteiger partial charge is 0.341 e. The Morgan fingerprint density at radius 1 is 1.22 bits per heavy atom. The normalized spacial score (nSPS) is 14.4. The average Bonchev–Trinajstić information content (AvgIpc) is 2.94. The second-order valence-electron chi connectivity index (χ2n) is 6.78. The van der Waals surface area contributed by atoms with Crippen LogP contribution in [0.5, 0.6) is 0 Å². The molecular formula is C20H18F3N3O. The van der Waals surface area contributed by atoms with E-state index < -0.39 is 11.7 Å². The van der Waals surface area contributed by atoms with Gasteiger partial charge in [-0.15, -0.1) is 0 Å². The predicted octanol–water partition coefficient (Wildman–Crippen LogP) is 4.26. The topological polar surface area (TPSA) is 38.1 Å². The van der Waals surface area contributed by atoms with Crippen LogP contribution in [0.2, 0.25) is 0 Å². The molecule has 1 saturated heterocycles. The highest BCUT2D eigenvalue weighted by Gasteiger charge is 2.33. The lowest BCUT2D eigenvalue weighted by Gasteiger charge is -2.31. The van der Waals surface area contributed by atoms with Gasteiger partial charge in [0.2, 0.25) is 5.91 Å². The number of alkyl halides is 3. The van der Waals surface area contributed by atoms with Gasteiger partial charge in [-0.2, -0.15) is 13.2 Å². The van der Waals surface area contributed by atoms with Crippen LogP contribution >= 0.6 is 0 Å². The number of amides is 1. The summed E-state index contributed by atoms with van der Waals surface area (Å²) in [4.78, 5) is 18.4. The van der Waals surface area contributed by atoms with Crippen molar-refractivity contribution in [2.75, 3.05) is 13.1 Å². The van der Waals surface area contributed by atoms with Crippen molar-refractivity contribution in [1.82, 2.24) is 14.5 Å². The van der Waals surface area contributed by atoms with Gasteiger partial charge in [-0.1, -0.05) is 12.1 Å². The van der Waals surface area contributed by atoms with E-state index in [2.05, 4.69) is 4.98 Å². The van der Waals surface area contributed by atoms with E-state index in [1.165, 1.54) is 13.0 Å². The third-order valence-corrected chi connectivity index (χ3v) is 5.08. The lowest BCUT2D eigenvalue weighted by molar-refractivity contribution is -0.138. The summed E-state index contributed by atoms with van der Waals surface area (Å²) in [7, 11) is 0. The van der Waals surface area contributed by atoms with Crippen molar-refractivity contribution in [1.29, 1.82) is 0 Å². The third-order valence-electron chi connectivity index (χ3n) is 5.08. The Balaban J connectivity index is 1.73. The maximum absolute atomic E-state index is 13.2. The van der Waals surface area contributed by atoms with Gasteiger partial charge in [0.15, 0.2) is 0 Å². The van der Waals surface area contributed by atoms with Gasteiger partial charge in [-0.3, -0.25) is 9.78 Å². The molecule has 0 spiro atoms. The van der Waals surface area contributed by atoms with E-state index in [0.717, 1.165) is 31.1 Å². The van der Waals surface area contributed by atoms with Crippen LogP contribution in [0.4, 0.5) is 13.2 Å². The molecule has 0 atom stereocenters. The molecule has 2 aromatic heterocycles. The first-order valence-electron chi connectivity index (χ1n) is 8.74. The van der Waals surface area contributed by atoms with Crippen molar-refractivity contribution >= 4 is 16.9 Å². The van der Waals surface area contributed by atoms with Crippen molar-refractivity contribution in [3.63, 3.8) is 0 Å². The van der Waals surface area contributed by atoms with Crippen molar-refractivity contribution in [2.45, 2.75) is 26.1 Å². The number of nitrogens with zero attached hydrogens (tertiary/aromatic N) is 3. The van der Waals surface area contributed by atoms with Crippen molar-refractivity contribution < 1.29 is 18.0 Å². The molecule has 0 saturated carbocycles. The van der Waals surface area contributed by atoms with Crippen LogP contribution in [-0.2, 0) is 17.5 Å². The Hall–Kier alpha value is -2.83. The number of carbonyl (C=O) groups is 1. The Morgan fingerprint density at radius 3 is 2.67 bits per heavy atom. The van der Waals surface area contributed by atoms with Gasteiger partial charge in [0, 0.05) is 31.0 Å². The quantitative estimate of drug-likeness (QED) is 0.688. The van der Waals surface area contributed by atoms with Crippen molar-refractivity contribution in [3.05, 3.63) is 53.9 Å². The number of hydrogen-bond acceptors (Lipinski definition) is 2. The molecule has 0 radical (unpaired) electrons. The first-order chi connectivity index (χ1) is 12.8. The van der Waals surface area contributed by atoms with Gasteiger partial charge in [0.25, 0.3) is 0 Å². The van der Waals surface area contributed by atoms with E-state index in [1.807, 2.05) is 6.07 Å². The molecule has 1 amide bonds. The van der Waals surface area contributed by atoms with Crippen LogP contribution in [-0.4, -0.2) is 33.4 Å². The zero-order chi connectivity index (χ0) is 19.2. The number of carbonyl (C=O) groups excluding carboxylic acids is 1. The summed E-state index contributed by atoms with van der Waals surface area (Å²) in [5.41, 5.74) is 2.05. The van der Waals surface area contributed by atoms with E-state index in [-0.39, 0.29) is 18.0 Å². The zero-order valence-corrected chi connectivity index (χ0v) is 14.8. The Bertz CT molecular complexity index is 1020. The van der Waals surface area contributed by atoms with Gasteiger partial charge in [-0.05, 0) is 42.7 Å². The maximum Gasteiger partial charge on any atom is 0.416 e. The number of pyridine rings is 1. The molecule has 0 unspecified atom stereocenters. The highest BCUT2D eigenvalue weighted by molar-refractivity contribution is 5.85. The summed E-state index contributed by atoms with van der Waals surface area (Å²) in [6.45, 7) is 3.24. The fourth-order valence-corrected chi connectivity index (χ4v) is 3.42. The number of likely N-dealkylation sites (tertiary alicyclic amines) is 1. The largest absolute Gasteiger partial charge is 0.416 e. The van der Waals surface area contributed by atoms with E-state index in [1.54, 1.807) is 34.0 Å². The minimum atomic E-state index is -4.40. The molecule has 7 heteroatoms. The van der Waals surface area contributed by atoms with Crippen molar-refractivity contribution in [2.24, 2.45) is 0 Å². The van der Waals surface area contributed by atoms with Gasteiger partial charge < -0.3 is 9.47 Å². The first-order valence-corrected chi connectivity index (χ1v) is 8.74.